The molecule has 0 unspecified atom stereocenters. The van der Waals surface area contributed by atoms with Crippen LogP contribution in [0.4, 0.5) is 0 Å². The number of methoxy groups -OCH3 is 2. The highest BCUT2D eigenvalue weighted by molar-refractivity contribution is 5.86. The van der Waals surface area contributed by atoms with E-state index in [-0.39, 0.29) is 17.9 Å². The van der Waals surface area contributed by atoms with E-state index in [0.717, 1.165) is 5.56 Å². The summed E-state index contributed by atoms with van der Waals surface area (Å²) >= 11 is 0. The molecule has 1 aromatic heterocycles. The van der Waals surface area contributed by atoms with Crippen LogP contribution in [0.25, 0.3) is 22.0 Å². The van der Waals surface area contributed by atoms with Gasteiger partial charge in [-0.3, -0.25) is 9.59 Å². The van der Waals surface area contributed by atoms with Crippen LogP contribution in [0.15, 0.2) is 53.5 Å². The molecule has 140 valence electrons. The predicted octanol–water partition coefficient (Wildman–Crippen LogP) is 3.25. The Hall–Kier alpha value is -3.28. The van der Waals surface area contributed by atoms with Gasteiger partial charge in [0, 0.05) is 23.2 Å². The zero-order valence-electron chi connectivity index (χ0n) is 15.5. The summed E-state index contributed by atoms with van der Waals surface area (Å²) < 4.78 is 17.2. The summed E-state index contributed by atoms with van der Waals surface area (Å²) in [6.45, 7) is 2.06. The number of ether oxygens (including phenoxy) is 3. The summed E-state index contributed by atoms with van der Waals surface area (Å²) in [5, 5.41) is 0.508. The van der Waals surface area contributed by atoms with Crippen LogP contribution >= 0.6 is 0 Å². The molecular formula is C21H21NO5. The van der Waals surface area contributed by atoms with Gasteiger partial charge in [0.1, 0.15) is 18.0 Å². The van der Waals surface area contributed by atoms with E-state index in [2.05, 4.69) is 0 Å². The summed E-state index contributed by atoms with van der Waals surface area (Å²) in [7, 11) is 3.14. The Labute approximate surface area is 156 Å². The lowest BCUT2D eigenvalue weighted by molar-refractivity contribution is -0.143. The smallest absolute Gasteiger partial charge is 0.325 e. The van der Waals surface area contributed by atoms with E-state index >= 15 is 0 Å². The Morgan fingerprint density at radius 2 is 1.67 bits per heavy atom. The number of carbonyl (C=O) groups is 1. The van der Waals surface area contributed by atoms with Crippen LogP contribution in [-0.4, -0.2) is 31.4 Å². The SMILES string of the molecule is CCOC(=O)Cn1cc(-c2ccc(OC)cc2)c(=O)c2ccc(OC)cc21. The van der Waals surface area contributed by atoms with E-state index in [0.29, 0.717) is 34.6 Å². The predicted molar refractivity (Wildman–Crippen MR) is 103 cm³/mol. The third kappa shape index (κ3) is 3.79. The van der Waals surface area contributed by atoms with Crippen molar-refractivity contribution in [1.29, 1.82) is 0 Å². The van der Waals surface area contributed by atoms with E-state index in [1.807, 2.05) is 12.1 Å². The molecule has 6 heteroatoms. The van der Waals surface area contributed by atoms with Crippen LogP contribution < -0.4 is 14.9 Å². The van der Waals surface area contributed by atoms with Gasteiger partial charge in [-0.05, 0) is 36.8 Å². The van der Waals surface area contributed by atoms with Crippen LogP contribution in [0.5, 0.6) is 11.5 Å². The minimum absolute atomic E-state index is 0.000935. The number of fused-ring (bicyclic) bond motifs is 1. The Balaban J connectivity index is 2.20. The minimum atomic E-state index is -0.369. The second kappa shape index (κ2) is 7.95. The van der Waals surface area contributed by atoms with Crippen molar-refractivity contribution in [3.05, 3.63) is 58.9 Å². The molecule has 0 aliphatic heterocycles. The molecule has 0 atom stereocenters. The first-order chi connectivity index (χ1) is 13.1. The van der Waals surface area contributed by atoms with Gasteiger partial charge in [0.25, 0.3) is 0 Å². The fraction of sp³-hybridized carbons (Fsp3) is 0.238. The first kappa shape index (κ1) is 18.5. The highest BCUT2D eigenvalue weighted by Crippen LogP contribution is 2.25. The van der Waals surface area contributed by atoms with Gasteiger partial charge in [-0.1, -0.05) is 12.1 Å². The molecular weight excluding hydrogens is 346 g/mol. The van der Waals surface area contributed by atoms with E-state index in [4.69, 9.17) is 14.2 Å². The highest BCUT2D eigenvalue weighted by Gasteiger charge is 2.14. The first-order valence-electron chi connectivity index (χ1n) is 8.58. The molecule has 0 saturated carbocycles. The number of pyridine rings is 1. The minimum Gasteiger partial charge on any atom is -0.497 e. The highest BCUT2D eigenvalue weighted by atomic mass is 16.5. The molecule has 3 rings (SSSR count). The lowest BCUT2D eigenvalue weighted by Gasteiger charge is -2.14. The van der Waals surface area contributed by atoms with Gasteiger partial charge in [0.15, 0.2) is 5.43 Å². The van der Waals surface area contributed by atoms with E-state index in [1.165, 1.54) is 0 Å². The molecule has 0 N–H and O–H groups in total. The van der Waals surface area contributed by atoms with Crippen LogP contribution in [-0.2, 0) is 16.1 Å². The van der Waals surface area contributed by atoms with Crippen molar-refractivity contribution < 1.29 is 19.0 Å². The second-order valence-corrected chi connectivity index (χ2v) is 5.92. The molecule has 0 bridgehead atoms. The Kier molecular flexibility index (Phi) is 5.45. The van der Waals surface area contributed by atoms with Crippen LogP contribution in [0.2, 0.25) is 0 Å². The average molecular weight is 367 g/mol. The molecule has 0 spiro atoms. The van der Waals surface area contributed by atoms with Gasteiger partial charge in [-0.15, -0.1) is 0 Å². The molecule has 1 heterocycles. The maximum Gasteiger partial charge on any atom is 0.325 e. The standard InChI is InChI=1S/C21H21NO5/c1-4-27-20(23)13-22-12-18(14-5-7-15(25-2)8-6-14)21(24)17-10-9-16(26-3)11-19(17)22/h5-12H,4,13H2,1-3H3. The third-order valence-electron chi connectivity index (χ3n) is 4.29. The number of aromatic nitrogens is 1. The maximum atomic E-state index is 13.0. The normalized spacial score (nSPS) is 10.6. The van der Waals surface area contributed by atoms with Crippen LogP contribution in [0.1, 0.15) is 6.92 Å². The summed E-state index contributed by atoms with van der Waals surface area (Å²) in [4.78, 5) is 25.1. The van der Waals surface area contributed by atoms with E-state index < -0.39 is 0 Å². The molecule has 6 nitrogen and oxygen atoms in total. The van der Waals surface area contributed by atoms with Crippen molar-refractivity contribution in [2.45, 2.75) is 13.5 Å². The number of hydrogen-bond acceptors (Lipinski definition) is 5. The monoisotopic (exact) mass is 367 g/mol. The van der Waals surface area contributed by atoms with Crippen LogP contribution in [0, 0.1) is 0 Å². The van der Waals surface area contributed by atoms with Gasteiger partial charge in [0.05, 0.1) is 26.3 Å². The van der Waals surface area contributed by atoms with Gasteiger partial charge >= 0.3 is 5.97 Å². The van der Waals surface area contributed by atoms with Crippen molar-refractivity contribution in [3.8, 4) is 22.6 Å². The Morgan fingerprint density at radius 3 is 2.30 bits per heavy atom. The summed E-state index contributed by atoms with van der Waals surface area (Å²) in [5.41, 5.74) is 1.75. The van der Waals surface area contributed by atoms with Crippen molar-refractivity contribution in [2.24, 2.45) is 0 Å². The first-order valence-corrected chi connectivity index (χ1v) is 8.58. The number of hydrogen-bond donors (Lipinski definition) is 0. The Bertz CT molecular complexity index is 1020. The van der Waals surface area contributed by atoms with Gasteiger partial charge in [-0.2, -0.15) is 0 Å². The number of esters is 1. The lowest BCUT2D eigenvalue weighted by atomic mass is 10.0. The molecule has 3 aromatic rings. The van der Waals surface area contributed by atoms with Crippen molar-refractivity contribution in [1.82, 2.24) is 4.57 Å². The van der Waals surface area contributed by atoms with Crippen molar-refractivity contribution in [3.63, 3.8) is 0 Å². The number of nitrogens with zero attached hydrogens (tertiary/aromatic N) is 1. The average Bonchev–Trinajstić information content (AvgIpc) is 2.70. The summed E-state index contributed by atoms with van der Waals surface area (Å²) in [5.74, 6) is 0.943. The fourth-order valence-electron chi connectivity index (χ4n) is 2.95. The largest absolute Gasteiger partial charge is 0.497 e. The molecule has 0 saturated heterocycles. The maximum absolute atomic E-state index is 13.0. The third-order valence-corrected chi connectivity index (χ3v) is 4.29. The van der Waals surface area contributed by atoms with E-state index in [9.17, 15) is 9.59 Å². The molecule has 2 aromatic carbocycles. The molecule has 0 amide bonds. The quantitative estimate of drug-likeness (QED) is 0.626. The second-order valence-electron chi connectivity index (χ2n) is 5.92. The van der Waals surface area contributed by atoms with Gasteiger partial charge in [0.2, 0.25) is 0 Å². The lowest BCUT2D eigenvalue weighted by Crippen LogP contribution is -2.18. The fourth-order valence-corrected chi connectivity index (χ4v) is 2.95. The summed E-state index contributed by atoms with van der Waals surface area (Å²) in [6.07, 6.45) is 1.68. The zero-order valence-corrected chi connectivity index (χ0v) is 15.5. The molecule has 0 radical (unpaired) electrons. The van der Waals surface area contributed by atoms with Crippen LogP contribution in [0.3, 0.4) is 0 Å². The topological polar surface area (TPSA) is 66.8 Å². The van der Waals surface area contributed by atoms with Gasteiger partial charge < -0.3 is 18.8 Å². The molecule has 0 aliphatic carbocycles. The van der Waals surface area contributed by atoms with Gasteiger partial charge in [-0.25, -0.2) is 0 Å². The molecule has 0 aliphatic rings. The molecule has 0 fully saturated rings. The Morgan fingerprint density at radius 1 is 1.00 bits per heavy atom. The van der Waals surface area contributed by atoms with E-state index in [1.54, 1.807) is 62.2 Å². The number of carbonyl (C=O) groups excluding carboxylic acids is 1. The number of benzene rings is 2. The number of rotatable bonds is 6. The van der Waals surface area contributed by atoms with Crippen molar-refractivity contribution >= 4 is 16.9 Å². The zero-order chi connectivity index (χ0) is 19.4. The van der Waals surface area contributed by atoms with Crippen molar-refractivity contribution in [2.75, 3.05) is 20.8 Å². The summed E-state index contributed by atoms with van der Waals surface area (Å²) in [6, 6.07) is 12.4. The molecule has 27 heavy (non-hydrogen) atoms.